The Hall–Kier alpha value is -0.850. The highest BCUT2D eigenvalue weighted by Crippen LogP contribution is 2.33. The summed E-state index contributed by atoms with van der Waals surface area (Å²) in [6, 6.07) is 7.74. The molecule has 0 aromatic heterocycles. The third kappa shape index (κ3) is 3.13. The molecule has 0 bridgehead atoms. The van der Waals surface area contributed by atoms with Crippen LogP contribution < -0.4 is 4.90 Å². The van der Waals surface area contributed by atoms with Crippen LogP contribution in [-0.2, 0) is 0 Å². The van der Waals surface area contributed by atoms with Gasteiger partial charge in [0.05, 0.1) is 11.3 Å². The van der Waals surface area contributed by atoms with Crippen molar-refractivity contribution in [2.45, 2.75) is 25.0 Å². The van der Waals surface area contributed by atoms with Crippen molar-refractivity contribution in [3.05, 3.63) is 28.8 Å². The third-order valence-corrected chi connectivity index (χ3v) is 4.87. The summed E-state index contributed by atoms with van der Waals surface area (Å²) >= 11 is 8.05. The Bertz CT molecular complexity index is 479. The Labute approximate surface area is 118 Å². The second kappa shape index (κ2) is 5.42. The lowest BCUT2D eigenvalue weighted by molar-refractivity contribution is 0.637. The van der Waals surface area contributed by atoms with Crippen molar-refractivity contribution in [3.63, 3.8) is 0 Å². The molecular weight excluding hydrogens is 264 g/mol. The van der Waals surface area contributed by atoms with Crippen LogP contribution in [0, 0.1) is 11.3 Å². The van der Waals surface area contributed by atoms with Gasteiger partial charge < -0.3 is 4.90 Å². The fraction of sp³-hybridized carbons (Fsp3) is 0.500. The smallest absolute Gasteiger partial charge is 0.101 e. The molecule has 0 amide bonds. The minimum atomic E-state index is 0.320. The van der Waals surface area contributed by atoms with E-state index < -0.39 is 0 Å². The van der Waals surface area contributed by atoms with E-state index in [1.54, 1.807) is 12.1 Å². The van der Waals surface area contributed by atoms with Crippen LogP contribution in [0.5, 0.6) is 0 Å². The van der Waals surface area contributed by atoms with E-state index in [0.717, 1.165) is 31.0 Å². The molecule has 2 rings (SSSR count). The maximum absolute atomic E-state index is 9.19. The van der Waals surface area contributed by atoms with Crippen molar-refractivity contribution in [1.82, 2.24) is 0 Å². The molecule has 0 saturated carbocycles. The zero-order valence-electron chi connectivity index (χ0n) is 10.7. The molecule has 0 N–H and O–H groups in total. The minimum Gasteiger partial charge on any atom is -0.370 e. The highest BCUT2D eigenvalue weighted by atomic mass is 35.5. The third-order valence-electron chi connectivity index (χ3n) is 3.26. The van der Waals surface area contributed by atoms with E-state index in [4.69, 9.17) is 11.6 Å². The molecular formula is C14H17ClN2S. The standard InChI is InChI=1S/C14H17ClN2S/c1-14(2)5-6-17(7-8-18-14)13-9-12(15)4-3-11(13)10-16/h3-4,9H,5-8H2,1-2H3. The molecule has 0 spiro atoms. The van der Waals surface area contributed by atoms with Crippen molar-refractivity contribution in [1.29, 1.82) is 5.26 Å². The van der Waals surface area contributed by atoms with Crippen molar-refractivity contribution in [2.24, 2.45) is 0 Å². The summed E-state index contributed by atoms with van der Waals surface area (Å²) in [6.07, 6.45) is 1.12. The molecule has 1 heterocycles. The summed E-state index contributed by atoms with van der Waals surface area (Å²) < 4.78 is 0.320. The first-order chi connectivity index (χ1) is 8.52. The molecule has 0 atom stereocenters. The molecule has 1 saturated heterocycles. The summed E-state index contributed by atoms with van der Waals surface area (Å²) in [6.45, 7) is 6.52. The van der Waals surface area contributed by atoms with E-state index in [-0.39, 0.29) is 0 Å². The van der Waals surface area contributed by atoms with Crippen LogP contribution in [0.3, 0.4) is 0 Å². The number of hydrogen-bond acceptors (Lipinski definition) is 3. The van der Waals surface area contributed by atoms with Gasteiger partial charge in [0.15, 0.2) is 0 Å². The summed E-state index contributed by atoms with van der Waals surface area (Å²) in [5, 5.41) is 9.88. The number of benzene rings is 1. The largest absolute Gasteiger partial charge is 0.370 e. The average molecular weight is 281 g/mol. The van der Waals surface area contributed by atoms with Gasteiger partial charge in [-0.05, 0) is 24.6 Å². The molecule has 4 heteroatoms. The molecule has 0 aliphatic carbocycles. The van der Waals surface area contributed by atoms with Gasteiger partial charge in [-0.3, -0.25) is 0 Å². The summed E-state index contributed by atoms with van der Waals surface area (Å²) in [5.41, 5.74) is 1.69. The Morgan fingerprint density at radius 2 is 2.17 bits per heavy atom. The maximum Gasteiger partial charge on any atom is 0.101 e. The first-order valence-electron chi connectivity index (χ1n) is 6.10. The van der Waals surface area contributed by atoms with Gasteiger partial charge in [-0.2, -0.15) is 17.0 Å². The predicted octanol–water partition coefficient (Wildman–Crippen LogP) is 3.93. The Morgan fingerprint density at radius 3 is 2.89 bits per heavy atom. The highest BCUT2D eigenvalue weighted by molar-refractivity contribution is 8.00. The molecule has 1 aromatic rings. The number of hydrogen-bond donors (Lipinski definition) is 0. The molecule has 1 aromatic carbocycles. The molecule has 18 heavy (non-hydrogen) atoms. The van der Waals surface area contributed by atoms with E-state index in [1.807, 2.05) is 17.8 Å². The van der Waals surface area contributed by atoms with E-state index in [0.29, 0.717) is 15.3 Å². The lowest BCUT2D eigenvalue weighted by Crippen LogP contribution is -2.27. The van der Waals surface area contributed by atoms with Crippen LogP contribution >= 0.6 is 23.4 Å². The van der Waals surface area contributed by atoms with Gasteiger partial charge in [0.1, 0.15) is 6.07 Å². The predicted molar refractivity (Wildman–Crippen MR) is 79.5 cm³/mol. The van der Waals surface area contributed by atoms with Crippen LogP contribution in [-0.4, -0.2) is 23.6 Å². The topological polar surface area (TPSA) is 27.0 Å². The van der Waals surface area contributed by atoms with Gasteiger partial charge in [-0.25, -0.2) is 0 Å². The zero-order chi connectivity index (χ0) is 13.2. The maximum atomic E-state index is 9.19. The highest BCUT2D eigenvalue weighted by Gasteiger charge is 2.24. The van der Waals surface area contributed by atoms with Gasteiger partial charge >= 0.3 is 0 Å². The number of anilines is 1. The van der Waals surface area contributed by atoms with E-state index in [1.165, 1.54) is 0 Å². The Balaban J connectivity index is 2.26. The Morgan fingerprint density at radius 1 is 1.39 bits per heavy atom. The number of nitriles is 1. The average Bonchev–Trinajstić information content (AvgIpc) is 2.50. The number of rotatable bonds is 1. The van der Waals surface area contributed by atoms with E-state index in [9.17, 15) is 5.26 Å². The molecule has 0 unspecified atom stereocenters. The molecule has 96 valence electrons. The molecule has 2 nitrogen and oxygen atoms in total. The zero-order valence-corrected chi connectivity index (χ0v) is 12.3. The SMILES string of the molecule is CC1(C)CCN(c2cc(Cl)ccc2C#N)CCS1. The van der Waals surface area contributed by atoms with Gasteiger partial charge in [-0.15, -0.1) is 0 Å². The second-order valence-electron chi connectivity index (χ2n) is 5.12. The lowest BCUT2D eigenvalue weighted by atomic mass is 10.1. The summed E-state index contributed by atoms with van der Waals surface area (Å²) in [7, 11) is 0. The molecule has 1 aliphatic heterocycles. The van der Waals surface area contributed by atoms with Crippen LogP contribution in [0.15, 0.2) is 18.2 Å². The number of thioether (sulfide) groups is 1. The van der Waals surface area contributed by atoms with Crippen LogP contribution in [0.4, 0.5) is 5.69 Å². The fourth-order valence-corrected chi connectivity index (χ4v) is 3.39. The quantitative estimate of drug-likeness (QED) is 0.780. The fourth-order valence-electron chi connectivity index (χ4n) is 2.12. The molecule has 0 radical (unpaired) electrons. The normalized spacial score (nSPS) is 19.1. The van der Waals surface area contributed by atoms with Crippen LogP contribution in [0.1, 0.15) is 25.8 Å². The van der Waals surface area contributed by atoms with Crippen molar-refractivity contribution >= 4 is 29.1 Å². The van der Waals surface area contributed by atoms with Gasteiger partial charge in [0.25, 0.3) is 0 Å². The van der Waals surface area contributed by atoms with Crippen LogP contribution in [0.25, 0.3) is 0 Å². The monoisotopic (exact) mass is 280 g/mol. The number of nitrogens with zero attached hydrogens (tertiary/aromatic N) is 2. The number of halogens is 1. The first kappa shape index (κ1) is 13.6. The first-order valence-corrected chi connectivity index (χ1v) is 7.47. The van der Waals surface area contributed by atoms with Crippen molar-refractivity contribution < 1.29 is 0 Å². The molecule has 1 aliphatic rings. The summed E-state index contributed by atoms with van der Waals surface area (Å²) in [4.78, 5) is 2.28. The Kier molecular flexibility index (Phi) is 4.09. The van der Waals surface area contributed by atoms with Crippen LogP contribution in [0.2, 0.25) is 5.02 Å². The van der Waals surface area contributed by atoms with Gasteiger partial charge in [-0.1, -0.05) is 25.4 Å². The molecule has 1 fully saturated rings. The van der Waals surface area contributed by atoms with Crippen molar-refractivity contribution in [3.8, 4) is 6.07 Å². The summed E-state index contributed by atoms with van der Waals surface area (Å²) in [5.74, 6) is 1.09. The van der Waals surface area contributed by atoms with E-state index >= 15 is 0 Å². The van der Waals surface area contributed by atoms with Gasteiger partial charge in [0, 0.05) is 28.6 Å². The minimum absolute atomic E-state index is 0.320. The van der Waals surface area contributed by atoms with Crippen molar-refractivity contribution in [2.75, 3.05) is 23.7 Å². The second-order valence-corrected chi connectivity index (χ2v) is 7.36. The lowest BCUT2D eigenvalue weighted by Gasteiger charge is -2.25. The van der Waals surface area contributed by atoms with E-state index in [2.05, 4.69) is 24.8 Å². The van der Waals surface area contributed by atoms with Gasteiger partial charge in [0.2, 0.25) is 0 Å².